The number of aliphatic hydroxyl groups excluding tert-OH is 2. The molecule has 0 aliphatic carbocycles. The summed E-state index contributed by atoms with van der Waals surface area (Å²) < 4.78 is 0. The number of unbranched alkanes of at least 4 members (excludes halogenated alkanes) is 3. The highest BCUT2D eigenvalue weighted by atomic mass is 16.4. The summed E-state index contributed by atoms with van der Waals surface area (Å²) in [4.78, 5) is 10.3. The van der Waals surface area contributed by atoms with Gasteiger partial charge in [0, 0.05) is 6.42 Å². The van der Waals surface area contributed by atoms with E-state index in [0.29, 0.717) is 19.3 Å². The average molecular weight is 336 g/mol. The van der Waals surface area contributed by atoms with Gasteiger partial charge in [-0.25, -0.2) is 0 Å². The van der Waals surface area contributed by atoms with Crippen LogP contribution in [0.2, 0.25) is 0 Å². The zero-order valence-corrected chi connectivity index (χ0v) is 14.7. The molecule has 136 valence electrons. The van der Waals surface area contributed by atoms with E-state index in [0.717, 1.165) is 6.42 Å². The van der Waals surface area contributed by atoms with Crippen LogP contribution in [0.25, 0.3) is 0 Å². The minimum atomic E-state index is -0.842. The van der Waals surface area contributed by atoms with E-state index in [9.17, 15) is 15.0 Å². The Morgan fingerprint density at radius 1 is 0.917 bits per heavy atom. The second kappa shape index (κ2) is 16.2. The van der Waals surface area contributed by atoms with Gasteiger partial charge < -0.3 is 15.3 Å². The Morgan fingerprint density at radius 3 is 2.21 bits per heavy atom. The molecule has 0 bridgehead atoms. The van der Waals surface area contributed by atoms with Crippen molar-refractivity contribution in [2.45, 2.75) is 70.5 Å². The molecule has 0 aromatic rings. The maximum absolute atomic E-state index is 10.3. The Hall–Kier alpha value is -1.65. The van der Waals surface area contributed by atoms with Crippen LogP contribution in [0.1, 0.15) is 58.3 Å². The molecule has 0 aliphatic rings. The summed E-state index contributed by atoms with van der Waals surface area (Å²) in [7, 11) is 0. The zero-order chi connectivity index (χ0) is 18.0. The molecule has 0 amide bonds. The maximum atomic E-state index is 10.3. The van der Waals surface area contributed by atoms with Crippen LogP contribution in [0, 0.1) is 0 Å². The predicted molar refractivity (Wildman–Crippen MR) is 98.8 cm³/mol. The van der Waals surface area contributed by atoms with Gasteiger partial charge in [-0.2, -0.15) is 0 Å². The molecule has 0 fully saturated rings. The number of hydrogen-bond donors (Lipinski definition) is 3. The third kappa shape index (κ3) is 16.7. The highest BCUT2D eigenvalue weighted by Gasteiger charge is 2.01. The summed E-state index contributed by atoms with van der Waals surface area (Å²) in [5.41, 5.74) is 0. The van der Waals surface area contributed by atoms with Gasteiger partial charge in [-0.3, -0.25) is 4.79 Å². The summed E-state index contributed by atoms with van der Waals surface area (Å²) >= 11 is 0. The van der Waals surface area contributed by atoms with Crippen molar-refractivity contribution >= 4 is 5.97 Å². The molecule has 0 spiro atoms. The van der Waals surface area contributed by atoms with Gasteiger partial charge in [-0.05, 0) is 32.1 Å². The zero-order valence-electron chi connectivity index (χ0n) is 14.7. The van der Waals surface area contributed by atoms with Gasteiger partial charge in [0.1, 0.15) is 0 Å². The highest BCUT2D eigenvalue weighted by molar-refractivity contribution is 5.66. The summed E-state index contributed by atoms with van der Waals surface area (Å²) in [5.74, 6) is -0.842. The van der Waals surface area contributed by atoms with Crippen molar-refractivity contribution in [3.05, 3.63) is 48.6 Å². The van der Waals surface area contributed by atoms with Crippen LogP contribution in [0.4, 0.5) is 0 Å². The van der Waals surface area contributed by atoms with Gasteiger partial charge >= 0.3 is 5.97 Å². The van der Waals surface area contributed by atoms with Crippen molar-refractivity contribution in [2.75, 3.05) is 0 Å². The van der Waals surface area contributed by atoms with E-state index >= 15 is 0 Å². The number of carboxylic acid groups (broad SMARTS) is 1. The monoisotopic (exact) mass is 336 g/mol. The number of carbonyl (C=O) groups is 1. The molecule has 2 atom stereocenters. The Bertz CT molecular complexity index is 421. The summed E-state index contributed by atoms with van der Waals surface area (Å²) in [5, 5.41) is 27.9. The molecule has 0 saturated heterocycles. The molecular formula is C20H32O4. The summed E-state index contributed by atoms with van der Waals surface area (Å²) in [6.45, 7) is 2.18. The molecule has 0 rings (SSSR count). The Morgan fingerprint density at radius 2 is 1.58 bits per heavy atom. The number of aliphatic carboxylic acids is 1. The standard InChI is InChI=1S/C20H32O4/c1-2-3-4-5-6-9-13-18(21)14-10-7-8-11-15-19(22)16-12-17-20(23)24/h6-11,14-15,18-19,21-22H,2-5,12-13,16-17H2,1H3,(H,23,24)/b8-7+,9-6-,14-10+,15-11-/t18-,19+/m0/s1. The molecular weight excluding hydrogens is 304 g/mol. The lowest BCUT2D eigenvalue weighted by Crippen LogP contribution is -2.03. The summed E-state index contributed by atoms with van der Waals surface area (Å²) in [6, 6.07) is 0. The molecule has 3 N–H and O–H groups in total. The second-order valence-electron chi connectivity index (χ2n) is 5.78. The smallest absolute Gasteiger partial charge is 0.303 e. The van der Waals surface area contributed by atoms with Gasteiger partial charge in [0.2, 0.25) is 0 Å². The molecule has 0 radical (unpaired) electrons. The van der Waals surface area contributed by atoms with Gasteiger partial charge in [0.05, 0.1) is 12.2 Å². The fraction of sp³-hybridized carbons (Fsp3) is 0.550. The molecule has 0 unspecified atom stereocenters. The first-order valence-electron chi connectivity index (χ1n) is 8.80. The molecule has 24 heavy (non-hydrogen) atoms. The third-order valence-corrected chi connectivity index (χ3v) is 3.41. The Balaban J connectivity index is 3.81. The van der Waals surface area contributed by atoms with Crippen LogP contribution >= 0.6 is 0 Å². The minimum absolute atomic E-state index is 0.0778. The molecule has 0 aromatic carbocycles. The summed E-state index contributed by atoms with van der Waals surface area (Å²) in [6.07, 6.45) is 19.8. The SMILES string of the molecule is CCCCC/C=C\C[C@H](O)/C=C/C=C/C=C\[C@@H](O)CCCC(=O)O. The fourth-order valence-corrected chi connectivity index (χ4v) is 2.02. The Kier molecular flexibility index (Phi) is 15.1. The number of allylic oxidation sites excluding steroid dienone is 5. The van der Waals surface area contributed by atoms with E-state index in [1.54, 1.807) is 36.5 Å². The lowest BCUT2D eigenvalue weighted by atomic mass is 10.1. The van der Waals surface area contributed by atoms with Crippen molar-refractivity contribution in [3.8, 4) is 0 Å². The van der Waals surface area contributed by atoms with Gasteiger partial charge in [0.25, 0.3) is 0 Å². The average Bonchev–Trinajstić information content (AvgIpc) is 2.53. The van der Waals surface area contributed by atoms with E-state index in [-0.39, 0.29) is 6.42 Å². The van der Waals surface area contributed by atoms with E-state index in [4.69, 9.17) is 5.11 Å². The molecule has 0 aromatic heterocycles. The van der Waals surface area contributed by atoms with Crippen LogP contribution in [0.15, 0.2) is 48.6 Å². The molecule has 4 heteroatoms. The van der Waals surface area contributed by atoms with Crippen LogP contribution in [0.5, 0.6) is 0 Å². The lowest BCUT2D eigenvalue weighted by molar-refractivity contribution is -0.137. The van der Waals surface area contributed by atoms with Crippen LogP contribution < -0.4 is 0 Å². The second-order valence-corrected chi connectivity index (χ2v) is 5.78. The van der Waals surface area contributed by atoms with Crippen molar-refractivity contribution in [2.24, 2.45) is 0 Å². The fourth-order valence-electron chi connectivity index (χ4n) is 2.02. The number of carboxylic acids is 1. The minimum Gasteiger partial charge on any atom is -0.481 e. The third-order valence-electron chi connectivity index (χ3n) is 3.41. The quantitative estimate of drug-likeness (QED) is 0.253. The molecule has 0 saturated carbocycles. The number of hydrogen-bond acceptors (Lipinski definition) is 3. The highest BCUT2D eigenvalue weighted by Crippen LogP contribution is 2.03. The maximum Gasteiger partial charge on any atom is 0.303 e. The number of rotatable bonds is 14. The number of aliphatic hydroxyl groups is 2. The van der Waals surface area contributed by atoms with Crippen LogP contribution in [0.3, 0.4) is 0 Å². The van der Waals surface area contributed by atoms with Crippen molar-refractivity contribution in [3.63, 3.8) is 0 Å². The van der Waals surface area contributed by atoms with Crippen molar-refractivity contribution < 1.29 is 20.1 Å². The molecule has 4 nitrogen and oxygen atoms in total. The molecule has 0 aliphatic heterocycles. The van der Waals surface area contributed by atoms with Gasteiger partial charge in [-0.1, -0.05) is 68.4 Å². The van der Waals surface area contributed by atoms with Crippen LogP contribution in [-0.2, 0) is 4.79 Å². The van der Waals surface area contributed by atoms with Gasteiger partial charge in [0.15, 0.2) is 0 Å². The van der Waals surface area contributed by atoms with Crippen LogP contribution in [-0.4, -0.2) is 33.5 Å². The van der Waals surface area contributed by atoms with Crippen molar-refractivity contribution in [1.29, 1.82) is 0 Å². The van der Waals surface area contributed by atoms with E-state index in [1.807, 2.05) is 6.08 Å². The molecule has 0 heterocycles. The largest absolute Gasteiger partial charge is 0.481 e. The van der Waals surface area contributed by atoms with Crippen molar-refractivity contribution in [1.82, 2.24) is 0 Å². The van der Waals surface area contributed by atoms with E-state index in [1.165, 1.54) is 19.3 Å². The Labute approximate surface area is 145 Å². The normalized spacial score (nSPS) is 15.1. The first-order chi connectivity index (χ1) is 11.6. The first kappa shape index (κ1) is 22.4. The van der Waals surface area contributed by atoms with E-state index in [2.05, 4.69) is 13.0 Å². The first-order valence-corrected chi connectivity index (χ1v) is 8.80. The van der Waals surface area contributed by atoms with E-state index < -0.39 is 18.2 Å². The van der Waals surface area contributed by atoms with Gasteiger partial charge in [-0.15, -0.1) is 0 Å². The topological polar surface area (TPSA) is 77.8 Å². The predicted octanol–water partition coefficient (Wildman–Crippen LogP) is 4.16. The lowest BCUT2D eigenvalue weighted by Gasteiger charge is -2.02.